The molecule has 0 atom stereocenters. The number of pyridine rings is 1. The fraction of sp³-hybridized carbons (Fsp3) is 0.167. The SMILES string of the molecule is COc1cc(C(=O)Nc2nc(-c3ccccn3)cs2)cc2c1OCCO2. The summed E-state index contributed by atoms with van der Waals surface area (Å²) in [5.74, 6) is 1.17. The van der Waals surface area contributed by atoms with Gasteiger partial charge in [-0.1, -0.05) is 6.07 Å². The zero-order chi connectivity index (χ0) is 17.9. The minimum absolute atomic E-state index is 0.304. The molecule has 3 aromatic rings. The summed E-state index contributed by atoms with van der Waals surface area (Å²) in [6.07, 6.45) is 1.70. The average molecular weight is 369 g/mol. The van der Waals surface area contributed by atoms with Crippen LogP contribution in [0.5, 0.6) is 17.2 Å². The van der Waals surface area contributed by atoms with Gasteiger partial charge in [0.1, 0.15) is 18.9 Å². The first kappa shape index (κ1) is 16.3. The Balaban J connectivity index is 1.56. The molecule has 4 rings (SSSR count). The molecule has 1 amide bonds. The van der Waals surface area contributed by atoms with Crippen molar-refractivity contribution in [3.8, 4) is 28.6 Å². The van der Waals surface area contributed by atoms with E-state index in [2.05, 4.69) is 15.3 Å². The number of aromatic nitrogens is 2. The zero-order valence-electron chi connectivity index (χ0n) is 13.9. The molecule has 1 aliphatic rings. The number of nitrogens with one attached hydrogen (secondary N) is 1. The number of fused-ring (bicyclic) bond motifs is 1. The number of carbonyl (C=O) groups is 1. The van der Waals surface area contributed by atoms with Gasteiger partial charge in [0.2, 0.25) is 5.75 Å². The number of hydrogen-bond acceptors (Lipinski definition) is 7. The summed E-state index contributed by atoms with van der Waals surface area (Å²) >= 11 is 1.34. The third-order valence-electron chi connectivity index (χ3n) is 3.74. The van der Waals surface area contributed by atoms with E-state index in [1.165, 1.54) is 18.4 Å². The maximum absolute atomic E-state index is 12.6. The molecule has 2 aromatic heterocycles. The van der Waals surface area contributed by atoms with Crippen molar-refractivity contribution >= 4 is 22.4 Å². The molecule has 0 spiro atoms. The fourth-order valence-corrected chi connectivity index (χ4v) is 3.24. The van der Waals surface area contributed by atoms with Crippen molar-refractivity contribution in [1.82, 2.24) is 9.97 Å². The number of rotatable bonds is 4. The van der Waals surface area contributed by atoms with E-state index >= 15 is 0 Å². The lowest BCUT2D eigenvalue weighted by molar-refractivity contribution is 0.102. The van der Waals surface area contributed by atoms with E-state index in [1.54, 1.807) is 18.3 Å². The lowest BCUT2D eigenvalue weighted by Gasteiger charge is -2.21. The molecule has 1 aromatic carbocycles. The lowest BCUT2D eigenvalue weighted by atomic mass is 10.1. The maximum Gasteiger partial charge on any atom is 0.257 e. The van der Waals surface area contributed by atoms with Crippen LogP contribution in [0.25, 0.3) is 11.4 Å². The lowest BCUT2D eigenvalue weighted by Crippen LogP contribution is -2.18. The predicted octanol–water partition coefficient (Wildman–Crippen LogP) is 3.24. The third kappa shape index (κ3) is 3.18. The highest BCUT2D eigenvalue weighted by molar-refractivity contribution is 7.14. The molecule has 1 aliphatic heterocycles. The quantitative estimate of drug-likeness (QED) is 0.760. The maximum atomic E-state index is 12.6. The molecule has 8 heteroatoms. The number of ether oxygens (including phenoxy) is 3. The van der Waals surface area contributed by atoms with Crippen LogP contribution in [-0.4, -0.2) is 36.2 Å². The first-order valence-corrected chi connectivity index (χ1v) is 8.78. The van der Waals surface area contributed by atoms with Crippen molar-refractivity contribution in [2.45, 2.75) is 0 Å². The van der Waals surface area contributed by atoms with E-state index in [0.717, 1.165) is 5.69 Å². The number of nitrogens with zero attached hydrogens (tertiary/aromatic N) is 2. The highest BCUT2D eigenvalue weighted by Crippen LogP contribution is 2.40. The molecular formula is C18H15N3O4S. The van der Waals surface area contributed by atoms with Gasteiger partial charge in [-0.3, -0.25) is 15.1 Å². The number of benzene rings is 1. The van der Waals surface area contributed by atoms with Gasteiger partial charge in [-0.2, -0.15) is 0 Å². The molecule has 3 heterocycles. The van der Waals surface area contributed by atoms with Gasteiger partial charge in [-0.15, -0.1) is 11.3 Å². The summed E-state index contributed by atoms with van der Waals surface area (Å²) in [5.41, 5.74) is 1.87. The van der Waals surface area contributed by atoms with E-state index < -0.39 is 0 Å². The number of carbonyl (C=O) groups excluding carboxylic acids is 1. The van der Waals surface area contributed by atoms with E-state index in [-0.39, 0.29) is 5.91 Å². The van der Waals surface area contributed by atoms with Gasteiger partial charge >= 0.3 is 0 Å². The van der Waals surface area contributed by atoms with Crippen LogP contribution in [-0.2, 0) is 0 Å². The molecule has 0 unspecified atom stereocenters. The summed E-state index contributed by atoms with van der Waals surface area (Å²) in [4.78, 5) is 21.3. The topological polar surface area (TPSA) is 82.6 Å². The molecule has 132 valence electrons. The fourth-order valence-electron chi connectivity index (χ4n) is 2.54. The van der Waals surface area contributed by atoms with Gasteiger partial charge in [-0.05, 0) is 24.3 Å². The number of amides is 1. The Labute approximate surface area is 153 Å². The first-order valence-electron chi connectivity index (χ1n) is 7.90. The molecule has 0 aliphatic carbocycles. The van der Waals surface area contributed by atoms with E-state index in [1.807, 2.05) is 23.6 Å². The van der Waals surface area contributed by atoms with Gasteiger partial charge in [-0.25, -0.2) is 4.98 Å². The number of methoxy groups -OCH3 is 1. The monoisotopic (exact) mass is 369 g/mol. The number of thiazole rings is 1. The predicted molar refractivity (Wildman–Crippen MR) is 97.3 cm³/mol. The normalized spacial score (nSPS) is 12.5. The van der Waals surface area contributed by atoms with Crippen molar-refractivity contribution in [3.63, 3.8) is 0 Å². The standard InChI is InChI=1S/C18H15N3O4S/c1-23-14-8-11(9-15-16(14)25-7-6-24-15)17(22)21-18-20-13(10-26-18)12-4-2-3-5-19-12/h2-5,8-10H,6-7H2,1H3,(H,20,21,22). The van der Waals surface area contributed by atoms with E-state index in [0.29, 0.717) is 46.9 Å². The second kappa shape index (κ2) is 7.01. The Kier molecular flexibility index (Phi) is 4.40. The van der Waals surface area contributed by atoms with Crippen LogP contribution in [0, 0.1) is 0 Å². The Morgan fingerprint density at radius 2 is 2.12 bits per heavy atom. The smallest absolute Gasteiger partial charge is 0.257 e. The van der Waals surface area contributed by atoms with E-state index in [9.17, 15) is 4.79 Å². The zero-order valence-corrected chi connectivity index (χ0v) is 14.7. The second-order valence-corrected chi connectivity index (χ2v) is 6.27. The Morgan fingerprint density at radius 1 is 1.23 bits per heavy atom. The molecule has 0 saturated heterocycles. The highest BCUT2D eigenvalue weighted by Gasteiger charge is 2.21. The Hall–Kier alpha value is -3.13. The van der Waals surface area contributed by atoms with Gasteiger partial charge in [0.25, 0.3) is 5.91 Å². The second-order valence-electron chi connectivity index (χ2n) is 5.41. The molecular weight excluding hydrogens is 354 g/mol. The third-order valence-corrected chi connectivity index (χ3v) is 4.50. The van der Waals surface area contributed by atoms with Crippen LogP contribution >= 0.6 is 11.3 Å². The molecule has 1 N–H and O–H groups in total. The minimum Gasteiger partial charge on any atom is -0.493 e. The van der Waals surface area contributed by atoms with Crippen molar-refractivity contribution < 1.29 is 19.0 Å². The molecule has 26 heavy (non-hydrogen) atoms. The molecule has 0 radical (unpaired) electrons. The molecule has 7 nitrogen and oxygen atoms in total. The average Bonchev–Trinajstić information content (AvgIpc) is 3.16. The van der Waals surface area contributed by atoms with Crippen molar-refractivity contribution in [2.24, 2.45) is 0 Å². The molecule has 0 fully saturated rings. The minimum atomic E-state index is -0.304. The van der Waals surface area contributed by atoms with E-state index in [4.69, 9.17) is 14.2 Å². The van der Waals surface area contributed by atoms with Crippen LogP contribution in [0.1, 0.15) is 10.4 Å². The summed E-state index contributed by atoms with van der Waals surface area (Å²) in [6.45, 7) is 0.880. The van der Waals surface area contributed by atoms with Crippen molar-refractivity contribution in [1.29, 1.82) is 0 Å². The molecule has 0 saturated carbocycles. The van der Waals surface area contributed by atoms with Crippen LogP contribution in [0.3, 0.4) is 0 Å². The first-order chi connectivity index (χ1) is 12.7. The van der Waals surface area contributed by atoms with Crippen molar-refractivity contribution in [2.75, 3.05) is 25.6 Å². The van der Waals surface area contributed by atoms with Gasteiger partial charge in [0.15, 0.2) is 16.6 Å². The summed E-state index contributed by atoms with van der Waals surface area (Å²) < 4.78 is 16.4. The van der Waals surface area contributed by atoms with Crippen LogP contribution < -0.4 is 19.5 Å². The summed E-state index contributed by atoms with van der Waals surface area (Å²) in [7, 11) is 1.52. The van der Waals surface area contributed by atoms with Gasteiger partial charge in [0.05, 0.1) is 12.8 Å². The highest BCUT2D eigenvalue weighted by atomic mass is 32.1. The van der Waals surface area contributed by atoms with Crippen LogP contribution in [0.2, 0.25) is 0 Å². The summed E-state index contributed by atoms with van der Waals surface area (Å²) in [6, 6.07) is 8.86. The van der Waals surface area contributed by atoms with Crippen molar-refractivity contribution in [3.05, 3.63) is 47.5 Å². The van der Waals surface area contributed by atoms with Crippen LogP contribution in [0.4, 0.5) is 5.13 Å². The number of anilines is 1. The summed E-state index contributed by atoms with van der Waals surface area (Å²) in [5, 5.41) is 5.14. The van der Waals surface area contributed by atoms with Crippen LogP contribution in [0.15, 0.2) is 41.9 Å². The molecule has 0 bridgehead atoms. The Morgan fingerprint density at radius 3 is 2.92 bits per heavy atom. The Bertz CT molecular complexity index is 926. The largest absolute Gasteiger partial charge is 0.493 e. The number of hydrogen-bond donors (Lipinski definition) is 1. The van der Waals surface area contributed by atoms with Gasteiger partial charge in [0, 0.05) is 17.1 Å². The van der Waals surface area contributed by atoms with Gasteiger partial charge < -0.3 is 14.2 Å².